The van der Waals surface area contributed by atoms with E-state index in [0.29, 0.717) is 23.8 Å². The third-order valence-corrected chi connectivity index (χ3v) is 14.3. The number of nitrogens with zero attached hydrogens (tertiary/aromatic N) is 6. The lowest BCUT2D eigenvalue weighted by Gasteiger charge is -2.35. The molecule has 2 aliphatic rings. The lowest BCUT2D eigenvalue weighted by molar-refractivity contribution is -0.144. The Balaban J connectivity index is 0.899. The number of carbonyl (C=O) groups is 4. The monoisotopic (exact) mass is 1110 g/mol. The average Bonchev–Trinajstić information content (AvgIpc) is 4.03. The number of nitrogens with one attached hydrogen (secondary N) is 2. The first-order chi connectivity index (χ1) is 36.1. The molecule has 4 heterocycles. The van der Waals surface area contributed by atoms with Crippen molar-refractivity contribution < 1.29 is 64.5 Å². The molecule has 2 aliphatic heterocycles. The van der Waals surface area contributed by atoms with Crippen molar-refractivity contribution >= 4 is 63.7 Å². The van der Waals surface area contributed by atoms with E-state index in [4.69, 9.17) is 21.7 Å². The molecular weight excluding hydrogens is 1060 g/mol. The van der Waals surface area contributed by atoms with Crippen LogP contribution >= 0.6 is 23.6 Å². The Morgan fingerprint density at radius 3 is 2.29 bits per heavy atom. The number of halogens is 7. The van der Waals surface area contributed by atoms with Crippen LogP contribution in [-0.2, 0) is 42.8 Å². The molecule has 3 atom stereocenters. The number of rotatable bonds is 17. The van der Waals surface area contributed by atoms with Crippen LogP contribution in [0.5, 0.6) is 5.75 Å². The summed E-state index contributed by atoms with van der Waals surface area (Å²) < 4.78 is 112. The van der Waals surface area contributed by atoms with Gasteiger partial charge >= 0.3 is 12.4 Å². The van der Waals surface area contributed by atoms with Gasteiger partial charge in [0.2, 0.25) is 17.7 Å². The van der Waals surface area contributed by atoms with Crippen LogP contribution in [0.2, 0.25) is 0 Å². The number of pyridine rings is 1. The Bertz CT molecular complexity index is 3080. The molecule has 2 fully saturated rings. The Kier molecular flexibility index (Phi) is 17.1. The molecule has 0 aliphatic carbocycles. The summed E-state index contributed by atoms with van der Waals surface area (Å²) in [5, 5.41) is 24.9. The summed E-state index contributed by atoms with van der Waals surface area (Å²) in [5.41, 5.74) is -3.18. The molecule has 3 N–H and O–H groups in total. The van der Waals surface area contributed by atoms with E-state index in [-0.39, 0.29) is 55.4 Å². The van der Waals surface area contributed by atoms with Gasteiger partial charge in [0, 0.05) is 31.7 Å². The number of aromatic nitrogens is 2. The lowest BCUT2D eigenvalue weighted by Crippen LogP contribution is -2.58. The number of amides is 4. The van der Waals surface area contributed by atoms with Crippen LogP contribution in [0.25, 0.3) is 21.7 Å². The van der Waals surface area contributed by atoms with Gasteiger partial charge < -0.3 is 35.0 Å². The fraction of sp³-hybridized carbons (Fsp3) is 0.396. The van der Waals surface area contributed by atoms with Gasteiger partial charge in [0.15, 0.2) is 10.9 Å². The molecule has 15 nitrogen and oxygen atoms in total. The number of thiazole rings is 1. The molecule has 0 radical (unpaired) electrons. The second-order valence-electron chi connectivity index (χ2n) is 19.9. The number of β-amino-alcohol motifs (C(OH)–C–C–N with tert-alkyl or cyclic N) is 1. The minimum atomic E-state index is -5.29. The van der Waals surface area contributed by atoms with Gasteiger partial charge in [-0.15, -0.1) is 11.3 Å². The van der Waals surface area contributed by atoms with Gasteiger partial charge in [0.05, 0.1) is 69.3 Å². The number of unbranched alkanes of at least 4 members (excludes halogenated alkanes) is 1. The van der Waals surface area contributed by atoms with Gasteiger partial charge in [0.1, 0.15) is 35.5 Å². The van der Waals surface area contributed by atoms with Gasteiger partial charge in [-0.05, 0) is 105 Å². The zero-order chi connectivity index (χ0) is 56.4. The summed E-state index contributed by atoms with van der Waals surface area (Å²) >= 11 is 6.99. The third kappa shape index (κ3) is 12.7. The molecule has 2 aromatic heterocycles. The van der Waals surface area contributed by atoms with E-state index in [1.807, 2.05) is 31.2 Å². The van der Waals surface area contributed by atoms with E-state index >= 15 is 4.39 Å². The number of thiocarbonyl (C=S) groups is 1. The standard InChI is InChI=1S/C53H53F7N8O7S2/c1-29-44(77-28-64-29)31-11-9-30(10-12-31)24-63-46(71)40-21-34(69)26-66(40)47(72)45(50(2,3)4)65-41(70)27-74-19-7-8-20-75-35-15-16-36(37(22-35)52(55,56)57)38-17-14-33(25-62-38)68-49(76)67(48(73)51(68,5)6)39-18-13-32(23-61)42(43(39)54)53(58,59)60/h9-18,22,25,28,34,40,45,69H,7-8,19-21,24,26-27H2,1-6H3,(H,63,71)(H,65,70)/t34-,40+,45-/m1/s1. The van der Waals surface area contributed by atoms with Crippen LogP contribution in [0.3, 0.4) is 0 Å². The van der Waals surface area contributed by atoms with Crippen molar-refractivity contribution in [3.05, 3.63) is 112 Å². The van der Waals surface area contributed by atoms with Crippen molar-refractivity contribution in [3.63, 3.8) is 0 Å². The highest BCUT2D eigenvalue weighted by Crippen LogP contribution is 2.43. The number of carbonyl (C=O) groups excluding carboxylic acids is 4. The van der Waals surface area contributed by atoms with Crippen molar-refractivity contribution in [2.45, 2.75) is 103 Å². The molecule has 0 bridgehead atoms. The molecule has 2 saturated heterocycles. The smallest absolute Gasteiger partial charge is 0.420 e. The molecule has 24 heteroatoms. The first kappa shape index (κ1) is 57.6. The number of aliphatic hydroxyl groups is 1. The van der Waals surface area contributed by atoms with Crippen LogP contribution in [0, 0.1) is 29.5 Å². The number of hydrogen-bond acceptors (Lipinski definition) is 12. The predicted molar refractivity (Wildman–Crippen MR) is 275 cm³/mol. The minimum Gasteiger partial charge on any atom is -0.494 e. The third-order valence-electron chi connectivity index (χ3n) is 12.9. The van der Waals surface area contributed by atoms with E-state index in [0.717, 1.165) is 46.1 Å². The number of aliphatic hydroxyl groups excluding tert-OH is 1. The summed E-state index contributed by atoms with van der Waals surface area (Å²) in [5.74, 6) is -4.53. The summed E-state index contributed by atoms with van der Waals surface area (Å²) in [6.07, 6.45) is -9.35. The molecular formula is C53H53F7N8O7S2. The highest BCUT2D eigenvalue weighted by Gasteiger charge is 2.52. The molecule has 3 aromatic carbocycles. The molecule has 4 amide bonds. The molecule has 5 aromatic rings. The van der Waals surface area contributed by atoms with Crippen LogP contribution in [0.1, 0.15) is 81.8 Å². The van der Waals surface area contributed by atoms with E-state index in [2.05, 4.69) is 20.6 Å². The highest BCUT2D eigenvalue weighted by molar-refractivity contribution is 7.81. The van der Waals surface area contributed by atoms with Gasteiger partial charge in [0.25, 0.3) is 5.91 Å². The second-order valence-corrected chi connectivity index (χ2v) is 21.1. The SMILES string of the molecule is Cc1ncsc1-c1ccc(CNC(=O)[C@@H]2C[C@@H](O)CN2C(=O)[C@@H](NC(=O)COCCCCOc2ccc(-c3ccc(N4C(=S)N(c5ccc(C#N)c(C(F)(F)F)c5F)C(=O)C4(C)C)cn3)c(C(F)(F)F)c2)C(C)(C)C)cc1. The quantitative estimate of drug-likeness (QED) is 0.0456. The Morgan fingerprint density at radius 2 is 1.68 bits per heavy atom. The number of aryl methyl sites for hydroxylation is 1. The lowest BCUT2D eigenvalue weighted by atomic mass is 9.85. The topological polar surface area (TPSA) is 190 Å². The van der Waals surface area contributed by atoms with Gasteiger partial charge in [-0.25, -0.2) is 9.37 Å². The van der Waals surface area contributed by atoms with Crippen LogP contribution in [-0.4, -0.2) is 98.8 Å². The maximum atomic E-state index is 15.5. The largest absolute Gasteiger partial charge is 0.494 e. The van der Waals surface area contributed by atoms with Gasteiger partial charge in [-0.2, -0.15) is 31.6 Å². The van der Waals surface area contributed by atoms with Crippen LogP contribution in [0.15, 0.2) is 78.4 Å². The first-order valence-electron chi connectivity index (χ1n) is 24.0. The summed E-state index contributed by atoms with van der Waals surface area (Å²) in [7, 11) is 0. The molecule has 7 rings (SSSR count). The normalized spacial score (nSPS) is 17.1. The molecule has 0 unspecified atom stereocenters. The zero-order valence-electron chi connectivity index (χ0n) is 42.4. The zero-order valence-corrected chi connectivity index (χ0v) is 44.1. The van der Waals surface area contributed by atoms with E-state index in [1.165, 1.54) is 59.3 Å². The van der Waals surface area contributed by atoms with Gasteiger partial charge in [-0.1, -0.05) is 45.0 Å². The van der Waals surface area contributed by atoms with Crippen molar-refractivity contribution in [1.82, 2.24) is 25.5 Å². The Morgan fingerprint density at radius 1 is 0.974 bits per heavy atom. The number of benzene rings is 3. The van der Waals surface area contributed by atoms with Gasteiger partial charge in [-0.3, -0.25) is 29.1 Å². The molecule has 77 heavy (non-hydrogen) atoms. The van der Waals surface area contributed by atoms with E-state index in [1.54, 1.807) is 26.3 Å². The predicted octanol–water partition coefficient (Wildman–Crippen LogP) is 9.13. The van der Waals surface area contributed by atoms with Crippen LogP contribution < -0.4 is 25.2 Å². The number of anilines is 2. The Labute approximate surface area is 448 Å². The van der Waals surface area contributed by atoms with Crippen molar-refractivity contribution in [3.8, 4) is 33.5 Å². The van der Waals surface area contributed by atoms with Crippen molar-refractivity contribution in [1.29, 1.82) is 5.26 Å². The fourth-order valence-electron chi connectivity index (χ4n) is 8.94. The maximum absolute atomic E-state index is 15.5. The summed E-state index contributed by atoms with van der Waals surface area (Å²) in [4.78, 5) is 66.7. The number of ether oxygens (including phenoxy) is 2. The molecule has 408 valence electrons. The Hall–Kier alpha value is -7.07. The number of likely N-dealkylation sites (tertiary alicyclic amines) is 1. The number of alkyl halides is 6. The number of hydrogen-bond donors (Lipinski definition) is 3. The fourth-order valence-corrected chi connectivity index (χ4v) is 10.3. The van der Waals surface area contributed by atoms with Crippen LogP contribution in [0.4, 0.5) is 42.1 Å². The molecule has 0 spiro atoms. The minimum absolute atomic E-state index is 0.0162. The second kappa shape index (κ2) is 22.9. The van der Waals surface area contributed by atoms with E-state index < -0.39 is 105 Å². The summed E-state index contributed by atoms with van der Waals surface area (Å²) in [6, 6.07) is 14.2. The highest BCUT2D eigenvalue weighted by atomic mass is 32.1. The first-order valence-corrected chi connectivity index (χ1v) is 25.3. The summed E-state index contributed by atoms with van der Waals surface area (Å²) in [6.45, 7) is 9.59. The number of nitriles is 1. The molecule has 0 saturated carbocycles. The average molecular weight is 1110 g/mol. The maximum Gasteiger partial charge on any atom is 0.420 e. The van der Waals surface area contributed by atoms with Crippen molar-refractivity contribution in [2.75, 3.05) is 36.2 Å². The van der Waals surface area contributed by atoms with E-state index in [9.17, 15) is 55.9 Å². The van der Waals surface area contributed by atoms with Crippen molar-refractivity contribution in [2.24, 2.45) is 5.41 Å².